The number of benzene rings is 2. The number of aromatic hydroxyl groups is 1. The van der Waals surface area contributed by atoms with Crippen molar-refractivity contribution < 1.29 is 31.5 Å². The maximum Gasteiger partial charge on any atom is 0.262 e. The summed E-state index contributed by atoms with van der Waals surface area (Å²) in [5.74, 6) is -1.82. The fourth-order valence-corrected chi connectivity index (χ4v) is 5.10. The monoisotopic (exact) mass is 470 g/mol. The molecule has 11 heteroatoms. The summed E-state index contributed by atoms with van der Waals surface area (Å²) in [5, 5.41) is 12.3. The van der Waals surface area contributed by atoms with Crippen molar-refractivity contribution in [3.63, 3.8) is 0 Å². The van der Waals surface area contributed by atoms with E-state index in [-0.39, 0.29) is 22.0 Å². The van der Waals surface area contributed by atoms with E-state index in [2.05, 4.69) is 10.0 Å². The molecule has 2 aromatic rings. The number of rotatable bonds is 11. The lowest BCUT2D eigenvalue weighted by atomic mass is 10.3. The van der Waals surface area contributed by atoms with Crippen molar-refractivity contribution in [2.45, 2.75) is 31.1 Å². The van der Waals surface area contributed by atoms with E-state index >= 15 is 0 Å². The molecule has 9 nitrogen and oxygen atoms in total. The summed E-state index contributed by atoms with van der Waals surface area (Å²) in [6.07, 6.45) is 2.04. The molecule has 0 atom stereocenters. The number of carbonyl (C=O) groups is 1. The summed E-state index contributed by atoms with van der Waals surface area (Å²) < 4.78 is 57.1. The molecule has 2 rings (SSSR count). The number of anilines is 2. The summed E-state index contributed by atoms with van der Waals surface area (Å²) in [6, 6.07) is 9.72. The lowest BCUT2D eigenvalue weighted by Gasteiger charge is -2.13. The molecular weight excluding hydrogens is 444 g/mol. The van der Waals surface area contributed by atoms with Gasteiger partial charge in [0.25, 0.3) is 10.0 Å². The van der Waals surface area contributed by atoms with Gasteiger partial charge in [0.2, 0.25) is 5.91 Å². The smallest absolute Gasteiger partial charge is 0.262 e. The fourth-order valence-electron chi connectivity index (χ4n) is 2.75. The number of carbonyl (C=O) groups excluding carboxylic acids is 1. The molecule has 1 amide bonds. The molecule has 3 N–H and O–H groups in total. The van der Waals surface area contributed by atoms with Gasteiger partial charge < -0.3 is 15.2 Å². The summed E-state index contributed by atoms with van der Waals surface area (Å²) in [6.45, 7) is 1.94. The van der Waals surface area contributed by atoms with E-state index in [1.807, 2.05) is 6.92 Å². The molecule has 2 aromatic carbocycles. The zero-order chi connectivity index (χ0) is 23.1. The van der Waals surface area contributed by atoms with Crippen LogP contribution in [0.2, 0.25) is 0 Å². The molecule has 0 aliphatic carbocycles. The summed E-state index contributed by atoms with van der Waals surface area (Å²) >= 11 is 0. The SMILES string of the molecule is CCCCCS(=O)(=O)CC(=O)Nc1cc(S(=O)(=O)Nc2ccccc2OC)ccc1O. The lowest BCUT2D eigenvalue weighted by molar-refractivity contribution is -0.113. The van der Waals surface area contributed by atoms with Crippen LogP contribution in [-0.4, -0.2) is 46.5 Å². The third-order valence-corrected chi connectivity index (χ3v) is 7.29. The van der Waals surface area contributed by atoms with Crippen LogP contribution in [0.15, 0.2) is 47.4 Å². The molecule has 0 spiro atoms. The third-order valence-electron chi connectivity index (χ3n) is 4.31. The molecule has 0 radical (unpaired) electrons. The summed E-state index contributed by atoms with van der Waals surface area (Å²) in [5.41, 5.74) is -0.00140. The van der Waals surface area contributed by atoms with Crippen molar-refractivity contribution in [1.82, 2.24) is 0 Å². The molecule has 0 unspecified atom stereocenters. The number of para-hydroxylation sites is 2. The number of hydrogen-bond donors (Lipinski definition) is 3. The standard InChI is InChI=1S/C20H26N2O7S2/c1-3-4-7-12-30(25,26)14-20(24)21-17-13-15(10-11-18(17)23)31(27,28)22-16-8-5-6-9-19(16)29-2/h5-6,8-11,13,22-23H,3-4,7,12,14H2,1-2H3,(H,21,24). The lowest BCUT2D eigenvalue weighted by Crippen LogP contribution is -2.25. The van der Waals surface area contributed by atoms with Crippen LogP contribution < -0.4 is 14.8 Å². The van der Waals surface area contributed by atoms with Crippen LogP contribution in [-0.2, 0) is 24.7 Å². The Kier molecular flexibility index (Phi) is 8.28. The van der Waals surface area contributed by atoms with Gasteiger partial charge in [-0.1, -0.05) is 31.9 Å². The number of amides is 1. The first kappa shape index (κ1) is 24.5. The van der Waals surface area contributed by atoms with E-state index < -0.39 is 37.3 Å². The van der Waals surface area contributed by atoms with Gasteiger partial charge >= 0.3 is 0 Å². The van der Waals surface area contributed by atoms with Crippen LogP contribution in [0, 0.1) is 0 Å². The minimum absolute atomic E-state index is 0.114. The van der Waals surface area contributed by atoms with Gasteiger partial charge in [0.15, 0.2) is 9.84 Å². The number of sulfonamides is 1. The number of phenols is 1. The van der Waals surface area contributed by atoms with Crippen LogP contribution in [0.25, 0.3) is 0 Å². The maximum atomic E-state index is 12.7. The molecule has 0 fully saturated rings. The van der Waals surface area contributed by atoms with E-state index in [9.17, 15) is 26.7 Å². The number of sulfone groups is 1. The number of nitrogens with one attached hydrogen (secondary N) is 2. The Hall–Kier alpha value is -2.79. The number of phenolic OH excluding ortho intramolecular Hbond substituents is 1. The minimum Gasteiger partial charge on any atom is -0.506 e. The highest BCUT2D eigenvalue weighted by atomic mass is 32.2. The highest BCUT2D eigenvalue weighted by Crippen LogP contribution is 2.30. The topological polar surface area (TPSA) is 139 Å². The van der Waals surface area contributed by atoms with Gasteiger partial charge in [0, 0.05) is 0 Å². The van der Waals surface area contributed by atoms with Crippen molar-refractivity contribution in [2.24, 2.45) is 0 Å². The van der Waals surface area contributed by atoms with Crippen LogP contribution in [0.4, 0.5) is 11.4 Å². The fraction of sp³-hybridized carbons (Fsp3) is 0.350. The Morgan fingerprint density at radius 1 is 1.03 bits per heavy atom. The number of methoxy groups -OCH3 is 1. The van der Waals surface area contributed by atoms with E-state index in [1.54, 1.807) is 18.2 Å². The molecule has 0 saturated heterocycles. The molecule has 0 heterocycles. The van der Waals surface area contributed by atoms with E-state index in [4.69, 9.17) is 4.74 Å². The first-order chi connectivity index (χ1) is 14.6. The normalized spacial score (nSPS) is 11.7. The minimum atomic E-state index is -4.08. The first-order valence-electron chi connectivity index (χ1n) is 9.57. The van der Waals surface area contributed by atoms with Crippen molar-refractivity contribution in [1.29, 1.82) is 0 Å². The van der Waals surface area contributed by atoms with E-state index in [0.717, 1.165) is 31.0 Å². The Bertz CT molecular complexity index is 1130. The van der Waals surface area contributed by atoms with Crippen molar-refractivity contribution in [3.05, 3.63) is 42.5 Å². The van der Waals surface area contributed by atoms with Gasteiger partial charge in [0.1, 0.15) is 17.3 Å². The molecule has 0 saturated carbocycles. The number of hydrogen-bond acceptors (Lipinski definition) is 7. The predicted molar refractivity (Wildman–Crippen MR) is 119 cm³/mol. The average Bonchev–Trinajstić information content (AvgIpc) is 2.69. The summed E-state index contributed by atoms with van der Waals surface area (Å²) in [7, 11) is -6.29. The van der Waals surface area contributed by atoms with Crippen LogP contribution in [0.3, 0.4) is 0 Å². The largest absolute Gasteiger partial charge is 0.506 e. The van der Waals surface area contributed by atoms with Gasteiger partial charge in [-0.3, -0.25) is 9.52 Å². The molecule has 0 aromatic heterocycles. The molecule has 0 aliphatic rings. The second kappa shape index (κ2) is 10.5. The van der Waals surface area contributed by atoms with Crippen molar-refractivity contribution in [2.75, 3.05) is 28.7 Å². The third kappa shape index (κ3) is 7.14. The zero-order valence-corrected chi connectivity index (χ0v) is 18.9. The van der Waals surface area contributed by atoms with E-state index in [1.165, 1.54) is 13.2 Å². The Balaban J connectivity index is 2.18. The Morgan fingerprint density at radius 2 is 1.74 bits per heavy atom. The van der Waals surface area contributed by atoms with Crippen LogP contribution >= 0.6 is 0 Å². The van der Waals surface area contributed by atoms with Crippen molar-refractivity contribution in [3.8, 4) is 11.5 Å². The Morgan fingerprint density at radius 3 is 2.42 bits per heavy atom. The maximum absolute atomic E-state index is 12.7. The second-order valence-corrected chi connectivity index (χ2v) is 10.7. The molecular formula is C20H26N2O7S2. The highest BCUT2D eigenvalue weighted by Gasteiger charge is 2.21. The quantitative estimate of drug-likeness (QED) is 0.339. The second-order valence-electron chi connectivity index (χ2n) is 6.83. The van der Waals surface area contributed by atoms with Gasteiger partial charge in [-0.05, 0) is 36.8 Å². The van der Waals surface area contributed by atoms with Gasteiger partial charge in [0.05, 0.1) is 29.1 Å². The average molecular weight is 471 g/mol. The molecule has 170 valence electrons. The van der Waals surface area contributed by atoms with Crippen molar-refractivity contribution >= 4 is 37.1 Å². The number of ether oxygens (including phenoxy) is 1. The van der Waals surface area contributed by atoms with Gasteiger partial charge in [-0.2, -0.15) is 0 Å². The highest BCUT2D eigenvalue weighted by molar-refractivity contribution is 7.92. The molecule has 0 aliphatic heterocycles. The predicted octanol–water partition coefficient (Wildman–Crippen LogP) is 2.75. The van der Waals surface area contributed by atoms with E-state index in [0.29, 0.717) is 12.2 Å². The zero-order valence-electron chi connectivity index (χ0n) is 17.3. The Labute approximate surface area is 182 Å². The van der Waals surface area contributed by atoms with Crippen LogP contribution in [0.5, 0.6) is 11.5 Å². The number of unbranched alkanes of at least 4 members (excludes halogenated alkanes) is 2. The summed E-state index contributed by atoms with van der Waals surface area (Å²) in [4.78, 5) is 11.9. The van der Waals surface area contributed by atoms with Crippen LogP contribution in [0.1, 0.15) is 26.2 Å². The molecule has 31 heavy (non-hydrogen) atoms. The first-order valence-corrected chi connectivity index (χ1v) is 12.9. The van der Waals surface area contributed by atoms with Gasteiger partial charge in [-0.15, -0.1) is 0 Å². The van der Waals surface area contributed by atoms with Gasteiger partial charge in [-0.25, -0.2) is 16.8 Å². The molecule has 0 bridgehead atoms.